The molecule has 0 spiro atoms. The standard InChI is InChI=1S/C12H11FN2O2/c1-7-3-4-9(10(13)5-7)12(16)14-11-6-8(2)15-17-11/h3-6H,1-2H3,(H,14,16). The minimum Gasteiger partial charge on any atom is -0.338 e. The van der Waals surface area contributed by atoms with Crippen LogP contribution in [0.25, 0.3) is 0 Å². The Bertz CT molecular complexity index is 563. The predicted octanol–water partition coefficient (Wildman–Crippen LogP) is 2.68. The Hall–Kier alpha value is -2.17. The number of benzene rings is 1. The minimum absolute atomic E-state index is 0.0235. The zero-order valence-electron chi connectivity index (χ0n) is 9.45. The number of rotatable bonds is 2. The van der Waals surface area contributed by atoms with E-state index >= 15 is 0 Å². The molecular formula is C12H11FN2O2. The van der Waals surface area contributed by atoms with E-state index in [2.05, 4.69) is 10.5 Å². The Labute approximate surface area is 97.4 Å². The number of nitrogens with zero attached hydrogens (tertiary/aromatic N) is 1. The van der Waals surface area contributed by atoms with E-state index in [1.165, 1.54) is 12.1 Å². The van der Waals surface area contributed by atoms with Crippen molar-refractivity contribution in [1.29, 1.82) is 0 Å². The van der Waals surface area contributed by atoms with Crippen molar-refractivity contribution < 1.29 is 13.7 Å². The van der Waals surface area contributed by atoms with Crippen LogP contribution in [0.1, 0.15) is 21.6 Å². The molecule has 0 aliphatic carbocycles. The number of aryl methyl sites for hydroxylation is 2. The Morgan fingerprint density at radius 3 is 2.71 bits per heavy atom. The van der Waals surface area contributed by atoms with Crippen molar-refractivity contribution in [2.75, 3.05) is 5.32 Å². The van der Waals surface area contributed by atoms with Gasteiger partial charge in [-0.3, -0.25) is 10.1 Å². The van der Waals surface area contributed by atoms with Gasteiger partial charge in [0.2, 0.25) is 5.88 Å². The zero-order valence-corrected chi connectivity index (χ0v) is 9.45. The second-order valence-electron chi connectivity index (χ2n) is 3.77. The van der Waals surface area contributed by atoms with Crippen LogP contribution in [0.2, 0.25) is 0 Å². The molecule has 0 aliphatic rings. The summed E-state index contributed by atoms with van der Waals surface area (Å²) in [5.41, 5.74) is 1.38. The molecule has 1 aromatic heterocycles. The van der Waals surface area contributed by atoms with Crippen LogP contribution in [-0.4, -0.2) is 11.1 Å². The van der Waals surface area contributed by atoms with Crippen molar-refractivity contribution in [3.8, 4) is 0 Å². The maximum atomic E-state index is 13.5. The number of carbonyl (C=O) groups is 1. The van der Waals surface area contributed by atoms with Crippen LogP contribution in [0.15, 0.2) is 28.8 Å². The number of hydrogen-bond donors (Lipinski definition) is 1. The van der Waals surface area contributed by atoms with Crippen molar-refractivity contribution in [1.82, 2.24) is 5.16 Å². The van der Waals surface area contributed by atoms with Gasteiger partial charge < -0.3 is 4.52 Å². The number of halogens is 1. The summed E-state index contributed by atoms with van der Waals surface area (Å²) >= 11 is 0. The van der Waals surface area contributed by atoms with E-state index < -0.39 is 11.7 Å². The highest BCUT2D eigenvalue weighted by Crippen LogP contribution is 2.14. The van der Waals surface area contributed by atoms with Crippen molar-refractivity contribution in [2.24, 2.45) is 0 Å². The second-order valence-corrected chi connectivity index (χ2v) is 3.77. The van der Waals surface area contributed by atoms with Gasteiger partial charge in [-0.1, -0.05) is 11.2 Å². The molecule has 0 saturated heterocycles. The van der Waals surface area contributed by atoms with Gasteiger partial charge in [-0.25, -0.2) is 4.39 Å². The molecule has 0 bridgehead atoms. The first-order valence-electron chi connectivity index (χ1n) is 5.07. The SMILES string of the molecule is Cc1ccc(C(=O)Nc2cc(C)no2)c(F)c1. The summed E-state index contributed by atoms with van der Waals surface area (Å²) in [4.78, 5) is 11.7. The lowest BCUT2D eigenvalue weighted by Gasteiger charge is -2.03. The fourth-order valence-electron chi connectivity index (χ4n) is 1.41. The average Bonchev–Trinajstić information content (AvgIpc) is 2.63. The van der Waals surface area contributed by atoms with Crippen LogP contribution in [0.3, 0.4) is 0 Å². The Morgan fingerprint density at radius 1 is 1.35 bits per heavy atom. The van der Waals surface area contributed by atoms with E-state index in [1.54, 1.807) is 26.0 Å². The number of carbonyl (C=O) groups excluding carboxylic acids is 1. The van der Waals surface area contributed by atoms with Gasteiger partial charge in [-0.05, 0) is 31.5 Å². The third-order valence-electron chi connectivity index (χ3n) is 2.23. The summed E-state index contributed by atoms with van der Waals surface area (Å²) in [6.07, 6.45) is 0. The molecular weight excluding hydrogens is 223 g/mol. The van der Waals surface area contributed by atoms with Crippen molar-refractivity contribution in [3.63, 3.8) is 0 Å². The molecule has 17 heavy (non-hydrogen) atoms. The fraction of sp³-hybridized carbons (Fsp3) is 0.167. The maximum Gasteiger partial charge on any atom is 0.261 e. The second kappa shape index (κ2) is 4.37. The average molecular weight is 234 g/mol. The van der Waals surface area contributed by atoms with E-state index in [0.717, 1.165) is 5.56 Å². The molecule has 1 heterocycles. The molecule has 1 aromatic carbocycles. The van der Waals surface area contributed by atoms with Crippen molar-refractivity contribution in [2.45, 2.75) is 13.8 Å². The van der Waals surface area contributed by atoms with Gasteiger partial charge in [0.25, 0.3) is 5.91 Å². The number of anilines is 1. The summed E-state index contributed by atoms with van der Waals surface area (Å²) < 4.78 is 18.3. The first kappa shape index (κ1) is 11.3. The highest BCUT2D eigenvalue weighted by Gasteiger charge is 2.13. The molecule has 4 nitrogen and oxygen atoms in total. The Kier molecular flexibility index (Phi) is 2.91. The van der Waals surface area contributed by atoms with Crippen LogP contribution in [0, 0.1) is 19.7 Å². The molecule has 1 amide bonds. The maximum absolute atomic E-state index is 13.5. The van der Waals surface area contributed by atoms with E-state index in [-0.39, 0.29) is 11.4 Å². The van der Waals surface area contributed by atoms with Gasteiger partial charge in [-0.2, -0.15) is 0 Å². The molecule has 2 rings (SSSR count). The van der Waals surface area contributed by atoms with Crippen molar-refractivity contribution >= 4 is 11.8 Å². The molecule has 0 aliphatic heterocycles. The van der Waals surface area contributed by atoms with Gasteiger partial charge in [0.1, 0.15) is 5.82 Å². The summed E-state index contributed by atoms with van der Waals surface area (Å²) in [5.74, 6) is -0.912. The molecule has 88 valence electrons. The summed E-state index contributed by atoms with van der Waals surface area (Å²) in [6, 6.07) is 5.97. The zero-order chi connectivity index (χ0) is 12.4. The minimum atomic E-state index is -0.557. The fourth-order valence-corrected chi connectivity index (χ4v) is 1.41. The van der Waals surface area contributed by atoms with Gasteiger partial charge in [0.15, 0.2) is 0 Å². The first-order valence-corrected chi connectivity index (χ1v) is 5.07. The topological polar surface area (TPSA) is 55.1 Å². The Morgan fingerprint density at radius 2 is 2.12 bits per heavy atom. The quantitative estimate of drug-likeness (QED) is 0.869. The van der Waals surface area contributed by atoms with E-state index in [0.29, 0.717) is 5.69 Å². The smallest absolute Gasteiger partial charge is 0.261 e. The molecule has 0 atom stereocenters. The van der Waals surface area contributed by atoms with E-state index in [9.17, 15) is 9.18 Å². The lowest BCUT2D eigenvalue weighted by atomic mass is 10.1. The largest absolute Gasteiger partial charge is 0.338 e. The highest BCUT2D eigenvalue weighted by atomic mass is 19.1. The predicted molar refractivity (Wildman–Crippen MR) is 60.3 cm³/mol. The van der Waals surface area contributed by atoms with Crippen LogP contribution >= 0.6 is 0 Å². The third-order valence-corrected chi connectivity index (χ3v) is 2.23. The van der Waals surface area contributed by atoms with Crippen LogP contribution < -0.4 is 5.32 Å². The van der Waals surface area contributed by atoms with Gasteiger partial charge >= 0.3 is 0 Å². The molecule has 5 heteroatoms. The molecule has 0 saturated carbocycles. The lowest BCUT2D eigenvalue weighted by Crippen LogP contribution is -2.13. The summed E-state index contributed by atoms with van der Waals surface area (Å²) in [6.45, 7) is 3.48. The highest BCUT2D eigenvalue weighted by molar-refractivity contribution is 6.03. The number of amides is 1. The number of nitrogens with one attached hydrogen (secondary N) is 1. The van der Waals surface area contributed by atoms with Crippen LogP contribution in [-0.2, 0) is 0 Å². The number of aromatic nitrogens is 1. The van der Waals surface area contributed by atoms with E-state index in [4.69, 9.17) is 4.52 Å². The lowest BCUT2D eigenvalue weighted by molar-refractivity contribution is 0.102. The normalized spacial score (nSPS) is 10.3. The summed E-state index contributed by atoms with van der Waals surface area (Å²) in [5, 5.41) is 6.05. The Balaban J connectivity index is 2.20. The van der Waals surface area contributed by atoms with Gasteiger partial charge in [-0.15, -0.1) is 0 Å². The third kappa shape index (κ3) is 2.50. The van der Waals surface area contributed by atoms with Gasteiger partial charge in [0.05, 0.1) is 11.3 Å². The van der Waals surface area contributed by atoms with E-state index in [1.807, 2.05) is 0 Å². The van der Waals surface area contributed by atoms with Gasteiger partial charge in [0, 0.05) is 6.07 Å². The molecule has 0 unspecified atom stereocenters. The molecule has 0 fully saturated rings. The van der Waals surface area contributed by atoms with Crippen molar-refractivity contribution in [3.05, 3.63) is 46.9 Å². The van der Waals surface area contributed by atoms with Crippen LogP contribution in [0.5, 0.6) is 0 Å². The van der Waals surface area contributed by atoms with Crippen LogP contribution in [0.4, 0.5) is 10.3 Å². The monoisotopic (exact) mass is 234 g/mol. The molecule has 0 radical (unpaired) electrons. The molecule has 1 N–H and O–H groups in total. The summed E-state index contributed by atoms with van der Waals surface area (Å²) in [7, 11) is 0. The first-order chi connectivity index (χ1) is 8.06. The number of hydrogen-bond acceptors (Lipinski definition) is 3. The molecule has 2 aromatic rings.